The van der Waals surface area contributed by atoms with Gasteiger partial charge in [0.1, 0.15) is 15.7 Å². The first-order valence-electron chi connectivity index (χ1n) is 9.03. The maximum absolute atomic E-state index is 13.3. The molecule has 1 N–H and O–H groups in total. The van der Waals surface area contributed by atoms with E-state index >= 15 is 0 Å². The lowest BCUT2D eigenvalue weighted by Gasteiger charge is -2.22. The van der Waals surface area contributed by atoms with E-state index in [-0.39, 0.29) is 14.9 Å². The van der Waals surface area contributed by atoms with Crippen molar-refractivity contribution in [3.05, 3.63) is 69.4 Å². The first kappa shape index (κ1) is 20.9. The highest BCUT2D eigenvalue weighted by atomic mass is 35.5. The van der Waals surface area contributed by atoms with Gasteiger partial charge in [-0.3, -0.25) is 4.79 Å². The van der Waals surface area contributed by atoms with Gasteiger partial charge in [0.05, 0.1) is 11.1 Å². The molecule has 0 unspecified atom stereocenters. The van der Waals surface area contributed by atoms with Crippen LogP contribution in [0, 0.1) is 5.82 Å². The Morgan fingerprint density at radius 3 is 2.77 bits per heavy atom. The van der Waals surface area contributed by atoms with E-state index in [1.54, 1.807) is 18.2 Å². The molecule has 0 radical (unpaired) electrons. The minimum atomic E-state index is -3.83. The van der Waals surface area contributed by atoms with Gasteiger partial charge in [0, 0.05) is 12.2 Å². The van der Waals surface area contributed by atoms with Crippen LogP contribution in [0.25, 0.3) is 0 Å². The number of carbonyl (C=O) groups is 1. The summed E-state index contributed by atoms with van der Waals surface area (Å²) in [6.45, 7) is 0.322. The quantitative estimate of drug-likeness (QED) is 0.611. The number of benzene rings is 2. The van der Waals surface area contributed by atoms with E-state index in [1.807, 2.05) is 0 Å². The molecule has 0 bridgehead atoms. The fraction of sp³-hybridized carbons (Fsp3) is 0.211. The van der Waals surface area contributed by atoms with E-state index < -0.39 is 27.8 Å². The van der Waals surface area contributed by atoms with Crippen molar-refractivity contribution in [3.8, 4) is 0 Å². The fourth-order valence-electron chi connectivity index (χ4n) is 3.27. The van der Waals surface area contributed by atoms with E-state index in [9.17, 15) is 17.6 Å². The third kappa shape index (κ3) is 4.08. The van der Waals surface area contributed by atoms with Gasteiger partial charge in [-0.25, -0.2) is 12.8 Å². The van der Waals surface area contributed by atoms with Gasteiger partial charge in [-0.2, -0.15) is 4.31 Å². The molecular weight excluding hydrogens is 451 g/mol. The zero-order chi connectivity index (χ0) is 21.3. The van der Waals surface area contributed by atoms with Gasteiger partial charge in [-0.1, -0.05) is 41.1 Å². The van der Waals surface area contributed by atoms with Gasteiger partial charge in [0.25, 0.3) is 5.91 Å². The average Bonchev–Trinajstić information content (AvgIpc) is 3.38. The van der Waals surface area contributed by atoms with Gasteiger partial charge in [-0.05, 0) is 43.2 Å². The summed E-state index contributed by atoms with van der Waals surface area (Å²) < 4.78 is 40.9. The van der Waals surface area contributed by atoms with Crippen LogP contribution < -0.4 is 5.32 Å². The van der Waals surface area contributed by atoms with Crippen LogP contribution in [0.2, 0.25) is 5.02 Å². The number of sulfonamides is 1. The first-order chi connectivity index (χ1) is 14.4. The lowest BCUT2D eigenvalue weighted by atomic mass is 10.2. The third-order valence-electron chi connectivity index (χ3n) is 4.63. The summed E-state index contributed by atoms with van der Waals surface area (Å²) in [6, 6.07) is 11.2. The van der Waals surface area contributed by atoms with Crippen molar-refractivity contribution in [2.24, 2.45) is 0 Å². The highest BCUT2D eigenvalue weighted by Crippen LogP contribution is 2.39. The van der Waals surface area contributed by atoms with Crippen LogP contribution in [0.15, 0.2) is 53.4 Å². The molecule has 4 rings (SSSR count). The number of rotatable bonds is 5. The number of halogens is 2. The molecule has 1 saturated heterocycles. The van der Waals surface area contributed by atoms with E-state index in [2.05, 4.69) is 15.5 Å². The second kappa shape index (κ2) is 8.38. The van der Waals surface area contributed by atoms with Crippen LogP contribution in [0.5, 0.6) is 0 Å². The van der Waals surface area contributed by atoms with Gasteiger partial charge >= 0.3 is 0 Å². The Morgan fingerprint density at radius 1 is 1.20 bits per heavy atom. The Morgan fingerprint density at radius 2 is 2.00 bits per heavy atom. The second-order valence-corrected chi connectivity index (χ2v) is 9.89. The Bertz CT molecular complexity index is 1200. The van der Waals surface area contributed by atoms with Gasteiger partial charge < -0.3 is 5.32 Å². The van der Waals surface area contributed by atoms with Crippen molar-refractivity contribution >= 4 is 44.6 Å². The molecule has 1 atom stereocenters. The lowest BCUT2D eigenvalue weighted by molar-refractivity contribution is 0.102. The van der Waals surface area contributed by atoms with E-state index in [4.69, 9.17) is 11.6 Å². The Balaban J connectivity index is 1.56. The summed E-state index contributed by atoms with van der Waals surface area (Å²) in [5, 5.41) is 11.1. The van der Waals surface area contributed by atoms with Crippen molar-refractivity contribution in [2.75, 3.05) is 11.9 Å². The zero-order valence-corrected chi connectivity index (χ0v) is 17.8. The van der Waals surface area contributed by atoms with Crippen molar-refractivity contribution in [1.82, 2.24) is 14.5 Å². The van der Waals surface area contributed by atoms with Crippen LogP contribution in [-0.4, -0.2) is 35.4 Å². The molecule has 0 aliphatic carbocycles. The highest BCUT2D eigenvalue weighted by Gasteiger charge is 2.39. The summed E-state index contributed by atoms with van der Waals surface area (Å²) in [6.07, 6.45) is 1.21. The number of nitrogens with zero attached hydrogens (tertiary/aromatic N) is 3. The number of hydrogen-bond acceptors (Lipinski definition) is 6. The monoisotopic (exact) mass is 466 g/mol. The predicted octanol–water partition coefficient (Wildman–Crippen LogP) is 4.11. The van der Waals surface area contributed by atoms with E-state index in [0.717, 1.165) is 11.3 Å². The van der Waals surface area contributed by atoms with Crippen molar-refractivity contribution < 1.29 is 17.6 Å². The number of aromatic nitrogens is 2. The Kier molecular flexibility index (Phi) is 5.83. The molecule has 1 aromatic heterocycles. The number of hydrogen-bond donors (Lipinski definition) is 1. The van der Waals surface area contributed by atoms with Gasteiger partial charge in [0.2, 0.25) is 15.0 Å². The lowest BCUT2D eigenvalue weighted by Crippen LogP contribution is -2.30. The number of nitrogens with one attached hydrogen (secondary N) is 1. The second-order valence-electron chi connectivity index (χ2n) is 6.61. The smallest absolute Gasteiger partial charge is 0.286 e. The van der Waals surface area contributed by atoms with Crippen molar-refractivity contribution in [1.29, 1.82) is 0 Å². The van der Waals surface area contributed by atoms with Crippen LogP contribution >= 0.6 is 22.9 Å². The molecule has 2 heterocycles. The van der Waals surface area contributed by atoms with Crippen LogP contribution in [0.4, 0.5) is 10.1 Å². The normalized spacial score (nSPS) is 17.2. The molecule has 156 valence electrons. The summed E-state index contributed by atoms with van der Waals surface area (Å²) in [5.41, 5.74) is 0.292. The highest BCUT2D eigenvalue weighted by molar-refractivity contribution is 7.89. The summed E-state index contributed by atoms with van der Waals surface area (Å²) in [7, 11) is -3.83. The Hall–Kier alpha value is -2.40. The van der Waals surface area contributed by atoms with Crippen LogP contribution in [0.3, 0.4) is 0 Å². The van der Waals surface area contributed by atoms with Crippen molar-refractivity contribution in [2.45, 2.75) is 23.8 Å². The van der Waals surface area contributed by atoms with Gasteiger partial charge in [-0.15, -0.1) is 10.2 Å². The number of carbonyl (C=O) groups excluding carboxylic acids is 1. The summed E-state index contributed by atoms with van der Waals surface area (Å²) in [5.74, 6) is -1.01. The average molecular weight is 467 g/mol. The fourth-order valence-corrected chi connectivity index (χ4v) is 6.38. The minimum absolute atomic E-state index is 0.0344. The topological polar surface area (TPSA) is 92.3 Å². The molecular formula is C19H16ClFN4O3S2. The maximum Gasteiger partial charge on any atom is 0.286 e. The summed E-state index contributed by atoms with van der Waals surface area (Å²) >= 11 is 7.12. The number of anilines is 1. The first-order valence-corrected chi connectivity index (χ1v) is 11.7. The standard InChI is InChI=1S/C19H16ClFN4O3S2/c20-14-7-1-2-9-16(14)30(27,28)25-10-4-8-15(25)18-23-24-19(29-18)17(26)22-13-6-3-5-12(21)11-13/h1-3,5-7,9,11,15H,4,8,10H2,(H,22,26)/t15-/m1/s1. The summed E-state index contributed by atoms with van der Waals surface area (Å²) in [4.78, 5) is 12.5. The molecule has 3 aromatic rings. The maximum atomic E-state index is 13.3. The van der Waals surface area contributed by atoms with E-state index in [1.165, 1.54) is 34.6 Å². The zero-order valence-electron chi connectivity index (χ0n) is 15.5. The SMILES string of the molecule is O=C(Nc1cccc(F)c1)c1nnc([C@H]2CCCN2S(=O)(=O)c2ccccc2Cl)s1. The molecule has 0 spiro atoms. The largest absolute Gasteiger partial charge is 0.320 e. The minimum Gasteiger partial charge on any atom is -0.320 e. The molecule has 7 nitrogen and oxygen atoms in total. The molecule has 1 aliphatic heterocycles. The molecule has 1 aliphatic rings. The van der Waals surface area contributed by atoms with E-state index in [0.29, 0.717) is 30.1 Å². The molecule has 2 aromatic carbocycles. The molecule has 1 amide bonds. The van der Waals surface area contributed by atoms with Crippen LogP contribution in [0.1, 0.15) is 33.7 Å². The van der Waals surface area contributed by atoms with Gasteiger partial charge in [0.15, 0.2) is 0 Å². The predicted molar refractivity (Wildman–Crippen MR) is 112 cm³/mol. The van der Waals surface area contributed by atoms with Crippen LogP contribution in [-0.2, 0) is 10.0 Å². The molecule has 11 heteroatoms. The van der Waals surface area contributed by atoms with Crippen molar-refractivity contribution in [3.63, 3.8) is 0 Å². The third-order valence-corrected chi connectivity index (χ3v) is 8.06. The molecule has 30 heavy (non-hydrogen) atoms. The Labute approximate surface area is 181 Å². The molecule has 0 saturated carbocycles. The molecule has 1 fully saturated rings. The number of amides is 1.